The van der Waals surface area contributed by atoms with Gasteiger partial charge in [0.1, 0.15) is 11.8 Å². The fraction of sp³-hybridized carbons (Fsp3) is 0.720. The number of aliphatic hydroxyl groups is 1. The minimum Gasteiger partial charge on any atom is -0.508 e. The summed E-state index contributed by atoms with van der Waals surface area (Å²) in [5.41, 5.74) is 17.3. The number of rotatable bonds is 42. The topological polar surface area (TPSA) is 303 Å². The number of ketones is 3. The largest absolute Gasteiger partial charge is 0.508 e. The van der Waals surface area contributed by atoms with Gasteiger partial charge in [-0.3, -0.25) is 38.4 Å². The molecule has 0 aromatic heterocycles. The van der Waals surface area contributed by atoms with Gasteiger partial charge in [0.2, 0.25) is 29.5 Å². The van der Waals surface area contributed by atoms with E-state index in [0.29, 0.717) is 57.2 Å². The molecule has 5 atom stereocenters. The van der Waals surface area contributed by atoms with E-state index in [-0.39, 0.29) is 50.1 Å². The monoisotopic (exact) mass is 944 g/mol. The maximum Gasteiger partial charge on any atom is 0.245 e. The Balaban J connectivity index is 2.97. The molecule has 67 heavy (non-hydrogen) atoms. The third kappa shape index (κ3) is 28.9. The quantitative estimate of drug-likeness (QED) is 0.0416. The number of unbranched alkanes of at least 4 members (excludes halogenated alkanes) is 14. The number of phenols is 1. The summed E-state index contributed by atoms with van der Waals surface area (Å²) in [5, 5.41) is 30.2. The molecule has 380 valence electrons. The second-order valence-electron chi connectivity index (χ2n) is 18.0. The van der Waals surface area contributed by atoms with Crippen LogP contribution in [0.25, 0.3) is 0 Å². The zero-order chi connectivity index (χ0) is 49.8. The van der Waals surface area contributed by atoms with Crippen LogP contribution in [0.2, 0.25) is 0 Å². The molecule has 12 N–H and O–H groups in total. The molecule has 0 heterocycles. The van der Waals surface area contributed by atoms with E-state index >= 15 is 0 Å². The van der Waals surface area contributed by atoms with Crippen LogP contribution < -0.4 is 38.5 Å². The Bertz CT molecular complexity index is 1630. The van der Waals surface area contributed by atoms with Crippen LogP contribution in [0.1, 0.15) is 174 Å². The first kappa shape index (κ1) is 60.3. The molecular formula is C50H85N7O10. The highest BCUT2D eigenvalue weighted by molar-refractivity contribution is 5.96. The summed E-state index contributed by atoms with van der Waals surface area (Å²) in [6, 6.07) is 2.63. The second-order valence-corrected chi connectivity index (χ2v) is 18.0. The number of carbonyl (C=O) groups excluding carboxylic acids is 8. The highest BCUT2D eigenvalue weighted by atomic mass is 16.3. The van der Waals surface area contributed by atoms with E-state index in [1.54, 1.807) is 12.1 Å². The van der Waals surface area contributed by atoms with Gasteiger partial charge in [-0.15, -0.1) is 0 Å². The predicted octanol–water partition coefficient (Wildman–Crippen LogP) is 4.24. The molecule has 0 unspecified atom stereocenters. The normalized spacial score (nSPS) is 13.4. The highest BCUT2D eigenvalue weighted by Crippen LogP contribution is 2.21. The number of Topliss-reactive ketones (excluding diaryl/α,β-unsaturated/α-hetero) is 3. The van der Waals surface area contributed by atoms with Gasteiger partial charge in [-0.25, -0.2) is 0 Å². The van der Waals surface area contributed by atoms with Crippen LogP contribution in [0.3, 0.4) is 0 Å². The molecule has 0 spiro atoms. The van der Waals surface area contributed by atoms with Crippen molar-refractivity contribution < 1.29 is 48.6 Å². The van der Waals surface area contributed by atoms with Gasteiger partial charge in [0.15, 0.2) is 17.3 Å². The average molecular weight is 944 g/mol. The molecule has 0 fully saturated rings. The van der Waals surface area contributed by atoms with Gasteiger partial charge in [0.25, 0.3) is 0 Å². The van der Waals surface area contributed by atoms with Crippen molar-refractivity contribution in [2.45, 2.75) is 192 Å². The summed E-state index contributed by atoms with van der Waals surface area (Å²) in [4.78, 5) is 105. The lowest BCUT2D eigenvalue weighted by Gasteiger charge is -2.25. The van der Waals surface area contributed by atoms with Gasteiger partial charge in [-0.1, -0.05) is 103 Å². The van der Waals surface area contributed by atoms with E-state index in [1.165, 1.54) is 76.8 Å². The Hall–Kier alpha value is -4.74. The van der Waals surface area contributed by atoms with Crippen molar-refractivity contribution in [3.63, 3.8) is 0 Å². The Kier molecular flexibility index (Phi) is 33.5. The van der Waals surface area contributed by atoms with Crippen molar-refractivity contribution in [3.05, 3.63) is 29.8 Å². The molecule has 1 aromatic rings. The van der Waals surface area contributed by atoms with Crippen molar-refractivity contribution in [2.75, 3.05) is 26.2 Å². The van der Waals surface area contributed by atoms with Crippen LogP contribution in [0.4, 0.5) is 0 Å². The van der Waals surface area contributed by atoms with E-state index in [4.69, 9.17) is 17.2 Å². The van der Waals surface area contributed by atoms with Gasteiger partial charge >= 0.3 is 0 Å². The molecule has 0 saturated carbocycles. The third-order valence-electron chi connectivity index (χ3n) is 12.0. The summed E-state index contributed by atoms with van der Waals surface area (Å²) < 4.78 is 0. The number of hydrogen-bond acceptors (Lipinski definition) is 12. The number of nitrogens with two attached hydrogens (primary N) is 3. The summed E-state index contributed by atoms with van der Waals surface area (Å²) in [5.74, 6) is -6.48. The lowest BCUT2D eigenvalue weighted by atomic mass is 9.89. The van der Waals surface area contributed by atoms with E-state index in [9.17, 15) is 48.6 Å². The molecule has 0 radical (unpaired) electrons. The first-order chi connectivity index (χ1) is 32.1. The van der Waals surface area contributed by atoms with E-state index in [0.717, 1.165) is 19.3 Å². The SMILES string of the molecule is CCCCCCCCCCCCCCCC(=O)N[C@@H](CO)C(=O)NCC(=O)C[C@@H](Cc1ccc(O)cc1)C(=O)N[C@@H](CCC(N)=O)C(=O)C[C@@H](CCCCN)C(=O)N[C@@H](CCCCN)C(C)=O. The molecule has 0 saturated heterocycles. The minimum absolute atomic E-state index is 0.0161. The number of carbonyl (C=O) groups is 8. The number of benzene rings is 1. The van der Waals surface area contributed by atoms with Gasteiger partial charge in [-0.2, -0.15) is 0 Å². The third-order valence-corrected chi connectivity index (χ3v) is 12.0. The Labute approximate surface area is 399 Å². The van der Waals surface area contributed by atoms with Crippen LogP contribution in [-0.4, -0.2) is 101 Å². The first-order valence-corrected chi connectivity index (χ1v) is 24.9. The molecule has 0 aliphatic heterocycles. The number of aliphatic hydroxyl groups excluding tert-OH is 1. The predicted molar refractivity (Wildman–Crippen MR) is 259 cm³/mol. The van der Waals surface area contributed by atoms with Crippen molar-refractivity contribution in [2.24, 2.45) is 29.0 Å². The molecular weight excluding hydrogens is 859 g/mol. The van der Waals surface area contributed by atoms with Gasteiger partial charge in [0.05, 0.1) is 25.2 Å². The molecule has 0 bridgehead atoms. The van der Waals surface area contributed by atoms with Crippen molar-refractivity contribution in [3.8, 4) is 5.75 Å². The Morgan fingerprint density at radius 1 is 0.582 bits per heavy atom. The van der Waals surface area contributed by atoms with Crippen molar-refractivity contribution in [1.82, 2.24) is 21.3 Å². The maximum atomic E-state index is 14.0. The van der Waals surface area contributed by atoms with Crippen LogP contribution >= 0.6 is 0 Å². The summed E-state index contributed by atoms with van der Waals surface area (Å²) in [7, 11) is 0. The first-order valence-electron chi connectivity index (χ1n) is 24.9. The molecule has 0 aliphatic rings. The van der Waals surface area contributed by atoms with Gasteiger partial charge < -0.3 is 48.7 Å². The van der Waals surface area contributed by atoms with Gasteiger partial charge in [-0.05, 0) is 89.1 Å². The number of aromatic hydroxyl groups is 1. The van der Waals surface area contributed by atoms with Crippen LogP contribution in [0.5, 0.6) is 5.75 Å². The van der Waals surface area contributed by atoms with Crippen LogP contribution in [0, 0.1) is 11.8 Å². The standard InChI is InChI=1S/C50H85N7O10/c1-3-4-5-6-7-8-9-10-11-12-13-14-15-22-47(64)55-44(35-58)50(67)54-34-41(61)32-39(31-37-23-25-40(60)26-24-37)49(66)57-43(27-28-46(53)63)45(62)33-38(20-16-18-29-51)48(65)56-42(36(2)59)21-17-19-30-52/h23-26,38-39,42-44,58,60H,3-22,27-35,51-52H2,1-2H3,(H2,53,63)(H,54,67)(H,55,64)(H,56,65)(H,57,66)/t38-,39-,42+,43+,44+/m1/s1. The summed E-state index contributed by atoms with van der Waals surface area (Å²) in [6.45, 7) is 3.16. The zero-order valence-electron chi connectivity index (χ0n) is 40.6. The van der Waals surface area contributed by atoms with Gasteiger partial charge in [0, 0.05) is 37.5 Å². The number of primary amides is 1. The second kappa shape index (κ2) is 37.3. The van der Waals surface area contributed by atoms with Crippen molar-refractivity contribution >= 4 is 46.9 Å². The Morgan fingerprint density at radius 3 is 1.66 bits per heavy atom. The average Bonchev–Trinajstić information content (AvgIpc) is 3.29. The molecule has 17 heteroatoms. The summed E-state index contributed by atoms with van der Waals surface area (Å²) >= 11 is 0. The number of phenolic OH excluding ortho intramolecular Hbond substituents is 1. The number of hydrogen-bond donors (Lipinski definition) is 9. The molecule has 5 amide bonds. The highest BCUT2D eigenvalue weighted by Gasteiger charge is 2.32. The van der Waals surface area contributed by atoms with Crippen LogP contribution in [0.15, 0.2) is 24.3 Å². The van der Waals surface area contributed by atoms with E-state index in [1.807, 2.05) is 0 Å². The lowest BCUT2D eigenvalue weighted by molar-refractivity contribution is -0.135. The summed E-state index contributed by atoms with van der Waals surface area (Å²) in [6.07, 6.45) is 17.1. The number of nitrogens with one attached hydrogen (secondary N) is 4. The fourth-order valence-electron chi connectivity index (χ4n) is 7.89. The maximum absolute atomic E-state index is 14.0. The zero-order valence-corrected chi connectivity index (χ0v) is 40.6. The molecule has 1 rings (SSSR count). The smallest absolute Gasteiger partial charge is 0.245 e. The van der Waals surface area contributed by atoms with Crippen LogP contribution in [-0.2, 0) is 44.8 Å². The Morgan fingerprint density at radius 2 is 1.12 bits per heavy atom. The molecule has 0 aliphatic carbocycles. The van der Waals surface area contributed by atoms with E-state index < -0.39 is 90.6 Å². The minimum atomic E-state index is -1.29. The fourth-order valence-corrected chi connectivity index (χ4v) is 7.89. The lowest BCUT2D eigenvalue weighted by Crippen LogP contribution is -2.50. The van der Waals surface area contributed by atoms with E-state index in [2.05, 4.69) is 28.2 Å². The number of amides is 5. The molecule has 1 aromatic carbocycles. The van der Waals surface area contributed by atoms with Crippen molar-refractivity contribution in [1.29, 1.82) is 0 Å². The molecule has 17 nitrogen and oxygen atoms in total.